The van der Waals surface area contributed by atoms with Crippen molar-refractivity contribution >= 4 is 38.4 Å². The number of para-hydroxylation sites is 1. The van der Waals surface area contributed by atoms with Crippen molar-refractivity contribution in [2.45, 2.75) is 6.92 Å². The number of aromatic amines is 1. The number of benzene rings is 2. The molecule has 1 amide bonds. The highest BCUT2D eigenvalue weighted by molar-refractivity contribution is 9.10. The van der Waals surface area contributed by atoms with E-state index in [2.05, 4.69) is 26.2 Å². The van der Waals surface area contributed by atoms with E-state index in [-0.39, 0.29) is 5.91 Å². The number of nitrogens with one attached hydrogen (secondary N) is 2. The lowest BCUT2D eigenvalue weighted by Gasteiger charge is -2.05. The Labute approximate surface area is 125 Å². The number of rotatable bonds is 2. The SMILES string of the molecule is Cc1ccc(NC(=O)c2cc3ccccc3[nH]2)cc1Br. The maximum atomic E-state index is 12.2. The summed E-state index contributed by atoms with van der Waals surface area (Å²) in [4.78, 5) is 15.3. The van der Waals surface area contributed by atoms with E-state index in [4.69, 9.17) is 0 Å². The first kappa shape index (κ1) is 12.9. The first-order valence-electron chi connectivity index (χ1n) is 6.29. The largest absolute Gasteiger partial charge is 0.351 e. The van der Waals surface area contributed by atoms with Gasteiger partial charge in [-0.15, -0.1) is 0 Å². The molecule has 0 aliphatic heterocycles. The molecule has 2 aromatic carbocycles. The fourth-order valence-corrected chi connectivity index (χ4v) is 2.44. The van der Waals surface area contributed by atoms with E-state index >= 15 is 0 Å². The number of carbonyl (C=O) groups is 1. The highest BCUT2D eigenvalue weighted by Gasteiger charge is 2.10. The Morgan fingerprint density at radius 2 is 1.95 bits per heavy atom. The van der Waals surface area contributed by atoms with Crippen LogP contribution in [0, 0.1) is 6.92 Å². The van der Waals surface area contributed by atoms with Gasteiger partial charge in [-0.1, -0.05) is 40.2 Å². The van der Waals surface area contributed by atoms with Gasteiger partial charge in [0.05, 0.1) is 0 Å². The smallest absolute Gasteiger partial charge is 0.272 e. The molecule has 2 N–H and O–H groups in total. The van der Waals surface area contributed by atoms with Crippen LogP contribution in [0.1, 0.15) is 16.1 Å². The molecule has 0 aliphatic carbocycles. The van der Waals surface area contributed by atoms with Crippen LogP contribution in [0.5, 0.6) is 0 Å². The third-order valence-electron chi connectivity index (χ3n) is 3.20. The second-order valence-electron chi connectivity index (χ2n) is 4.69. The van der Waals surface area contributed by atoms with Gasteiger partial charge in [0.15, 0.2) is 0 Å². The molecular weight excluding hydrogens is 316 g/mol. The van der Waals surface area contributed by atoms with Gasteiger partial charge in [-0.2, -0.15) is 0 Å². The molecule has 0 aliphatic rings. The Morgan fingerprint density at radius 3 is 2.70 bits per heavy atom. The molecule has 3 nitrogen and oxygen atoms in total. The summed E-state index contributed by atoms with van der Waals surface area (Å²) in [5.74, 6) is -0.142. The Balaban J connectivity index is 1.86. The van der Waals surface area contributed by atoms with Crippen molar-refractivity contribution in [2.75, 3.05) is 5.32 Å². The summed E-state index contributed by atoms with van der Waals surface area (Å²) in [5, 5.41) is 3.92. The molecule has 20 heavy (non-hydrogen) atoms. The zero-order valence-corrected chi connectivity index (χ0v) is 12.5. The minimum Gasteiger partial charge on any atom is -0.351 e. The number of amides is 1. The van der Waals surface area contributed by atoms with E-state index < -0.39 is 0 Å². The van der Waals surface area contributed by atoms with E-state index in [1.807, 2.05) is 55.5 Å². The Kier molecular flexibility index (Phi) is 3.32. The molecule has 0 radical (unpaired) electrons. The van der Waals surface area contributed by atoms with Crippen molar-refractivity contribution in [1.82, 2.24) is 4.98 Å². The lowest BCUT2D eigenvalue weighted by atomic mass is 10.2. The molecule has 3 rings (SSSR count). The van der Waals surface area contributed by atoms with Crippen LogP contribution >= 0.6 is 15.9 Å². The number of halogens is 1. The number of carbonyl (C=O) groups excluding carboxylic acids is 1. The van der Waals surface area contributed by atoms with E-state index in [0.29, 0.717) is 5.69 Å². The van der Waals surface area contributed by atoms with Gasteiger partial charge < -0.3 is 10.3 Å². The summed E-state index contributed by atoms with van der Waals surface area (Å²) in [7, 11) is 0. The molecule has 0 saturated heterocycles. The Morgan fingerprint density at radius 1 is 1.15 bits per heavy atom. The number of aryl methyl sites for hydroxylation is 1. The lowest BCUT2D eigenvalue weighted by Crippen LogP contribution is -2.12. The molecule has 0 fully saturated rings. The molecule has 1 aromatic heterocycles. The Bertz CT molecular complexity index is 759. The maximum absolute atomic E-state index is 12.2. The normalized spacial score (nSPS) is 10.7. The van der Waals surface area contributed by atoms with Crippen molar-refractivity contribution in [3.8, 4) is 0 Å². The molecule has 0 spiro atoms. The van der Waals surface area contributed by atoms with Crippen molar-refractivity contribution < 1.29 is 4.79 Å². The highest BCUT2D eigenvalue weighted by Crippen LogP contribution is 2.21. The minimum atomic E-state index is -0.142. The van der Waals surface area contributed by atoms with Crippen molar-refractivity contribution in [3.05, 3.63) is 64.3 Å². The van der Waals surface area contributed by atoms with Gasteiger partial charge in [-0.05, 0) is 36.8 Å². The molecule has 4 heteroatoms. The average Bonchev–Trinajstić information content (AvgIpc) is 2.87. The maximum Gasteiger partial charge on any atom is 0.272 e. The quantitative estimate of drug-likeness (QED) is 0.715. The van der Waals surface area contributed by atoms with E-state index in [1.165, 1.54) is 0 Å². The summed E-state index contributed by atoms with van der Waals surface area (Å²) >= 11 is 3.46. The molecule has 0 saturated carbocycles. The van der Waals surface area contributed by atoms with Crippen molar-refractivity contribution in [3.63, 3.8) is 0 Å². The summed E-state index contributed by atoms with van der Waals surface area (Å²) < 4.78 is 0.979. The third kappa shape index (κ3) is 2.47. The monoisotopic (exact) mass is 328 g/mol. The summed E-state index contributed by atoms with van der Waals surface area (Å²) in [6.45, 7) is 2.01. The van der Waals surface area contributed by atoms with E-state index in [9.17, 15) is 4.79 Å². The fourth-order valence-electron chi connectivity index (χ4n) is 2.06. The standard InChI is InChI=1S/C16H13BrN2O/c1-10-6-7-12(9-13(10)17)18-16(20)15-8-11-4-2-3-5-14(11)19-15/h2-9,19H,1H3,(H,18,20). The van der Waals surface area contributed by atoms with Crippen LogP contribution < -0.4 is 5.32 Å². The van der Waals surface area contributed by atoms with Crippen molar-refractivity contribution in [2.24, 2.45) is 0 Å². The summed E-state index contributed by atoms with van der Waals surface area (Å²) in [6.07, 6.45) is 0. The summed E-state index contributed by atoms with van der Waals surface area (Å²) in [6, 6.07) is 15.4. The molecule has 0 unspecified atom stereocenters. The third-order valence-corrected chi connectivity index (χ3v) is 4.06. The van der Waals surface area contributed by atoms with Crippen molar-refractivity contribution in [1.29, 1.82) is 0 Å². The zero-order chi connectivity index (χ0) is 14.1. The first-order chi connectivity index (χ1) is 9.63. The van der Waals surface area contributed by atoms with Gasteiger partial charge >= 0.3 is 0 Å². The van der Waals surface area contributed by atoms with Crippen LogP contribution in [0.3, 0.4) is 0 Å². The number of anilines is 1. The topological polar surface area (TPSA) is 44.9 Å². The average molecular weight is 329 g/mol. The van der Waals surface area contributed by atoms with Gasteiger partial charge in [0, 0.05) is 21.1 Å². The molecule has 1 heterocycles. The zero-order valence-electron chi connectivity index (χ0n) is 10.9. The molecule has 0 atom stereocenters. The van der Waals surface area contributed by atoms with Gasteiger partial charge in [-0.25, -0.2) is 0 Å². The first-order valence-corrected chi connectivity index (χ1v) is 7.08. The van der Waals surface area contributed by atoms with Crippen LogP contribution in [0.2, 0.25) is 0 Å². The van der Waals surface area contributed by atoms with E-state index in [1.54, 1.807) is 0 Å². The number of aromatic nitrogens is 1. The highest BCUT2D eigenvalue weighted by atomic mass is 79.9. The second kappa shape index (κ2) is 5.13. The molecule has 3 aromatic rings. The Hall–Kier alpha value is -2.07. The molecule has 100 valence electrons. The van der Waals surface area contributed by atoms with Gasteiger partial charge in [0.2, 0.25) is 0 Å². The van der Waals surface area contributed by atoms with Crippen LogP contribution in [0.15, 0.2) is 53.0 Å². The van der Waals surface area contributed by atoms with Gasteiger partial charge in [0.25, 0.3) is 5.91 Å². The van der Waals surface area contributed by atoms with Crippen LogP contribution in [0.25, 0.3) is 10.9 Å². The fraction of sp³-hybridized carbons (Fsp3) is 0.0625. The van der Waals surface area contributed by atoms with Gasteiger partial charge in [-0.3, -0.25) is 4.79 Å². The van der Waals surface area contributed by atoms with Crippen LogP contribution in [-0.4, -0.2) is 10.9 Å². The summed E-state index contributed by atoms with van der Waals surface area (Å²) in [5.41, 5.74) is 3.42. The predicted octanol–water partition coefficient (Wildman–Crippen LogP) is 4.49. The minimum absolute atomic E-state index is 0.142. The molecular formula is C16H13BrN2O. The van der Waals surface area contributed by atoms with Crippen LogP contribution in [-0.2, 0) is 0 Å². The number of fused-ring (bicyclic) bond motifs is 1. The predicted molar refractivity (Wildman–Crippen MR) is 85.1 cm³/mol. The lowest BCUT2D eigenvalue weighted by molar-refractivity contribution is 0.102. The number of hydrogen-bond donors (Lipinski definition) is 2. The van der Waals surface area contributed by atoms with Gasteiger partial charge in [0.1, 0.15) is 5.69 Å². The molecule has 0 bridgehead atoms. The second-order valence-corrected chi connectivity index (χ2v) is 5.54. The van der Waals surface area contributed by atoms with Crippen LogP contribution in [0.4, 0.5) is 5.69 Å². The van der Waals surface area contributed by atoms with E-state index in [0.717, 1.165) is 26.6 Å². The number of hydrogen-bond acceptors (Lipinski definition) is 1. The number of H-pyrrole nitrogens is 1.